The van der Waals surface area contributed by atoms with Gasteiger partial charge in [0.15, 0.2) is 0 Å². The van der Waals surface area contributed by atoms with Crippen molar-refractivity contribution in [3.8, 4) is 22.5 Å². The van der Waals surface area contributed by atoms with E-state index in [9.17, 15) is 0 Å². The van der Waals surface area contributed by atoms with E-state index in [0.717, 1.165) is 25.7 Å². The molecule has 0 bridgehead atoms. The van der Waals surface area contributed by atoms with Gasteiger partial charge in [0.25, 0.3) is 0 Å². The first-order chi connectivity index (χ1) is 26.2. The van der Waals surface area contributed by atoms with Crippen LogP contribution in [0.1, 0.15) is 123 Å². The molecule has 0 aliphatic heterocycles. The van der Waals surface area contributed by atoms with Gasteiger partial charge in [0.2, 0.25) is 0 Å². The van der Waals surface area contributed by atoms with Crippen molar-refractivity contribution < 1.29 is 0 Å². The van der Waals surface area contributed by atoms with Crippen LogP contribution < -0.4 is 0 Å². The minimum Gasteiger partial charge on any atom is -0.313 e. The van der Waals surface area contributed by atoms with Gasteiger partial charge in [-0.25, -0.2) is 0 Å². The molecule has 0 fully saturated rings. The molecule has 0 spiro atoms. The van der Waals surface area contributed by atoms with E-state index in [2.05, 4.69) is 201 Å². The Hall–Kier alpha value is -4.82. The van der Waals surface area contributed by atoms with Crippen LogP contribution in [0.3, 0.4) is 0 Å². The van der Waals surface area contributed by atoms with Crippen molar-refractivity contribution in [3.05, 3.63) is 137 Å². The number of fused-ring (bicyclic) bond motifs is 6. The normalized spacial score (nSPS) is 14.0. The highest BCUT2D eigenvalue weighted by Crippen LogP contribution is 2.41. The van der Waals surface area contributed by atoms with Crippen LogP contribution in [0.25, 0.3) is 61.3 Å². The quantitative estimate of drug-likeness (QED) is 0.166. The summed E-state index contributed by atoms with van der Waals surface area (Å²) in [6, 6.07) is 38.0. The van der Waals surface area contributed by atoms with Gasteiger partial charge in [0.05, 0.1) is 16.6 Å². The molecule has 0 unspecified atom stereocenters. The van der Waals surface area contributed by atoms with Gasteiger partial charge < -0.3 is 9.13 Å². The molecular weight excluding hydrogens is 677 g/mol. The predicted molar refractivity (Wildman–Crippen MR) is 244 cm³/mol. The molecule has 2 heterocycles. The molecule has 0 radical (unpaired) electrons. The van der Waals surface area contributed by atoms with Crippen LogP contribution in [0, 0.1) is 10.8 Å². The Morgan fingerprint density at radius 2 is 0.982 bits per heavy atom. The third-order valence-electron chi connectivity index (χ3n) is 11.6. The van der Waals surface area contributed by atoms with Gasteiger partial charge in [-0.3, -0.25) is 0 Å². The molecule has 5 aromatic carbocycles. The maximum absolute atomic E-state index is 2.59. The lowest BCUT2D eigenvalue weighted by molar-refractivity contribution is 0.411. The highest BCUT2D eigenvalue weighted by atomic mass is 15.0. The van der Waals surface area contributed by atoms with Crippen molar-refractivity contribution in [3.63, 3.8) is 0 Å². The molecular formula is C54H62N2. The van der Waals surface area contributed by atoms with Crippen LogP contribution in [-0.4, -0.2) is 9.13 Å². The molecule has 1 aliphatic carbocycles. The van der Waals surface area contributed by atoms with Crippen molar-refractivity contribution in [2.75, 3.05) is 0 Å². The fraction of sp³-hybridized carbons (Fsp3) is 0.370. The third kappa shape index (κ3) is 7.29. The standard InChI is InChI=1S/C54H62N2/c1-51(2,3)33-35-21-23-49-45(25-35)43-17-13-15-19-47(43)55(49)41-29-37(27-39(31-41)53(7,8)9)38-28-40(54(10,11)12)32-42(30-38)56-48-20-16-14-18-44(48)46-26-36(22-24-50(46)56)34-52(4,5)6/h13-15,17-19,21-32H,16,20,33-34H2,1-12H3. The van der Waals surface area contributed by atoms with Crippen LogP contribution in [-0.2, 0) is 30.1 Å². The summed E-state index contributed by atoms with van der Waals surface area (Å²) in [7, 11) is 0. The van der Waals surface area contributed by atoms with E-state index >= 15 is 0 Å². The molecule has 0 atom stereocenters. The molecule has 0 saturated carbocycles. The number of hydrogen-bond donors (Lipinski definition) is 0. The number of aromatic nitrogens is 2. The van der Waals surface area contributed by atoms with Crippen molar-refractivity contribution >= 4 is 38.8 Å². The topological polar surface area (TPSA) is 9.86 Å². The van der Waals surface area contributed by atoms with E-state index < -0.39 is 0 Å². The zero-order chi connectivity index (χ0) is 39.9. The predicted octanol–water partition coefficient (Wildman–Crippen LogP) is 15.1. The van der Waals surface area contributed by atoms with Gasteiger partial charge in [-0.1, -0.05) is 138 Å². The molecule has 1 aliphatic rings. The Kier molecular flexibility index (Phi) is 9.11. The summed E-state index contributed by atoms with van der Waals surface area (Å²) in [5, 5.41) is 4.00. The number of nitrogens with zero attached hydrogens (tertiary/aromatic N) is 2. The maximum atomic E-state index is 2.59. The fourth-order valence-electron chi connectivity index (χ4n) is 8.99. The first-order valence-corrected chi connectivity index (χ1v) is 20.9. The zero-order valence-electron chi connectivity index (χ0n) is 36.1. The van der Waals surface area contributed by atoms with Gasteiger partial charge in [-0.05, 0) is 135 Å². The van der Waals surface area contributed by atoms with Crippen LogP contribution in [0.15, 0.2) is 103 Å². The van der Waals surface area contributed by atoms with Gasteiger partial charge in [-0.2, -0.15) is 0 Å². The summed E-state index contributed by atoms with van der Waals surface area (Å²) >= 11 is 0. The average Bonchev–Trinajstić information content (AvgIpc) is 3.61. The molecule has 56 heavy (non-hydrogen) atoms. The molecule has 288 valence electrons. The lowest BCUT2D eigenvalue weighted by atomic mass is 9.82. The van der Waals surface area contributed by atoms with Crippen LogP contribution in [0.4, 0.5) is 0 Å². The van der Waals surface area contributed by atoms with Crippen LogP contribution >= 0.6 is 0 Å². The zero-order valence-corrected chi connectivity index (χ0v) is 36.1. The monoisotopic (exact) mass is 738 g/mol. The maximum Gasteiger partial charge on any atom is 0.0541 e. The number of benzene rings is 5. The van der Waals surface area contributed by atoms with Crippen molar-refractivity contribution in [1.29, 1.82) is 0 Å². The number of hydrogen-bond acceptors (Lipinski definition) is 0. The minimum absolute atomic E-state index is 0.0321. The van der Waals surface area contributed by atoms with Crippen molar-refractivity contribution in [2.45, 2.75) is 120 Å². The highest BCUT2D eigenvalue weighted by Gasteiger charge is 2.25. The van der Waals surface area contributed by atoms with E-state index in [-0.39, 0.29) is 21.7 Å². The molecule has 2 heteroatoms. The Balaban J connectivity index is 1.37. The summed E-state index contributed by atoms with van der Waals surface area (Å²) in [5.74, 6) is 0. The molecule has 2 aromatic heterocycles. The van der Waals surface area contributed by atoms with Gasteiger partial charge in [0, 0.05) is 38.8 Å². The first kappa shape index (κ1) is 38.1. The second-order valence-electron chi connectivity index (χ2n) is 21.2. The summed E-state index contributed by atoms with van der Waals surface area (Å²) in [4.78, 5) is 0. The highest BCUT2D eigenvalue weighted by molar-refractivity contribution is 6.09. The average molecular weight is 739 g/mol. The Labute approximate surface area is 336 Å². The number of allylic oxidation sites excluding steroid dienone is 1. The molecule has 0 saturated heterocycles. The Morgan fingerprint density at radius 1 is 0.482 bits per heavy atom. The SMILES string of the molecule is CC(C)(C)Cc1ccc2c(c1)c1c(n2-c2cc(-c3cc(-n4c5ccccc5c5cc(CC(C)(C)C)ccc54)cc(C(C)(C)C)c3)cc(C(C)(C)C)c2)CCC=C1. The first-order valence-electron chi connectivity index (χ1n) is 20.9. The lowest BCUT2D eigenvalue weighted by Gasteiger charge is -2.25. The van der Waals surface area contributed by atoms with E-state index in [1.54, 1.807) is 0 Å². The Bertz CT molecular complexity index is 2660. The largest absolute Gasteiger partial charge is 0.313 e. The molecule has 7 aromatic rings. The number of rotatable bonds is 5. The van der Waals surface area contributed by atoms with E-state index in [4.69, 9.17) is 0 Å². The molecule has 8 rings (SSSR count). The Morgan fingerprint density at radius 3 is 1.54 bits per heavy atom. The lowest BCUT2D eigenvalue weighted by Crippen LogP contribution is -2.14. The summed E-state index contributed by atoms with van der Waals surface area (Å²) in [6.45, 7) is 28.1. The summed E-state index contributed by atoms with van der Waals surface area (Å²) in [6.07, 6.45) is 8.96. The van der Waals surface area contributed by atoms with Crippen LogP contribution in [0.5, 0.6) is 0 Å². The molecule has 0 amide bonds. The fourth-order valence-corrected chi connectivity index (χ4v) is 8.99. The molecule has 0 N–H and O–H groups in total. The summed E-state index contributed by atoms with van der Waals surface area (Å²) < 4.78 is 5.10. The van der Waals surface area contributed by atoms with E-state index in [0.29, 0.717) is 0 Å². The molecule has 2 nitrogen and oxygen atoms in total. The van der Waals surface area contributed by atoms with E-state index in [1.807, 2.05) is 0 Å². The minimum atomic E-state index is -0.0410. The summed E-state index contributed by atoms with van der Waals surface area (Å²) in [5.41, 5.74) is 17.5. The van der Waals surface area contributed by atoms with Gasteiger partial charge in [-0.15, -0.1) is 0 Å². The second kappa shape index (κ2) is 13.4. The van der Waals surface area contributed by atoms with Crippen molar-refractivity contribution in [1.82, 2.24) is 9.13 Å². The second-order valence-corrected chi connectivity index (χ2v) is 21.2. The van der Waals surface area contributed by atoms with Crippen molar-refractivity contribution in [2.24, 2.45) is 10.8 Å². The van der Waals surface area contributed by atoms with Gasteiger partial charge in [0.1, 0.15) is 0 Å². The van der Waals surface area contributed by atoms with E-state index in [1.165, 1.54) is 88.7 Å². The number of para-hydroxylation sites is 1. The third-order valence-corrected chi connectivity index (χ3v) is 11.6. The van der Waals surface area contributed by atoms with Crippen LogP contribution in [0.2, 0.25) is 0 Å². The van der Waals surface area contributed by atoms with Gasteiger partial charge >= 0.3 is 0 Å². The smallest absolute Gasteiger partial charge is 0.0541 e.